The van der Waals surface area contributed by atoms with E-state index in [9.17, 15) is 4.79 Å². The van der Waals surface area contributed by atoms with E-state index in [1.807, 2.05) is 6.92 Å². The molecule has 0 fully saturated rings. The van der Waals surface area contributed by atoms with Crippen molar-refractivity contribution in [2.75, 3.05) is 0 Å². The number of carbonyl (C=O) groups excluding carboxylic acids is 1. The predicted octanol–water partition coefficient (Wildman–Crippen LogP) is 3.35. The number of Topliss-reactive ketones (excluding diaryl/α,β-unsaturated/α-hetero) is 1. The number of rotatable bonds is 2. The first-order chi connectivity index (χ1) is 6.11. The highest BCUT2D eigenvalue weighted by atomic mass is 16.1. The average Bonchev–Trinajstić information content (AvgIpc) is 2.10. The molecule has 1 aliphatic carbocycles. The standard InChI is InChI=1S/C12H20O/c1-5-10-8(3)7-12(13)9(4)11(10)6-2/h8,10H,5-7H2,1-4H3. The number of hydrogen-bond donors (Lipinski definition) is 0. The van der Waals surface area contributed by atoms with Gasteiger partial charge in [0.15, 0.2) is 5.78 Å². The van der Waals surface area contributed by atoms with Gasteiger partial charge in [-0.15, -0.1) is 0 Å². The molecule has 1 nitrogen and oxygen atoms in total. The van der Waals surface area contributed by atoms with Gasteiger partial charge in [-0.3, -0.25) is 4.79 Å². The highest BCUT2D eigenvalue weighted by molar-refractivity contribution is 5.96. The third kappa shape index (κ3) is 1.84. The summed E-state index contributed by atoms with van der Waals surface area (Å²) in [7, 11) is 0. The summed E-state index contributed by atoms with van der Waals surface area (Å²) in [5.74, 6) is 1.58. The summed E-state index contributed by atoms with van der Waals surface area (Å²) >= 11 is 0. The van der Waals surface area contributed by atoms with Gasteiger partial charge in [-0.1, -0.05) is 26.3 Å². The molecule has 1 rings (SSSR count). The molecular formula is C12H20O. The largest absolute Gasteiger partial charge is 0.295 e. The zero-order valence-corrected chi connectivity index (χ0v) is 9.18. The van der Waals surface area contributed by atoms with Crippen LogP contribution in [0.1, 0.15) is 47.0 Å². The summed E-state index contributed by atoms with van der Waals surface area (Å²) in [6, 6.07) is 0. The Morgan fingerprint density at radius 1 is 1.38 bits per heavy atom. The fourth-order valence-corrected chi connectivity index (χ4v) is 2.56. The number of carbonyl (C=O) groups is 1. The van der Waals surface area contributed by atoms with Crippen molar-refractivity contribution < 1.29 is 4.79 Å². The third-order valence-corrected chi connectivity index (χ3v) is 3.36. The minimum Gasteiger partial charge on any atom is -0.295 e. The molecule has 0 aromatic carbocycles. The molecule has 0 aromatic heterocycles. The lowest BCUT2D eigenvalue weighted by atomic mass is 9.73. The molecule has 13 heavy (non-hydrogen) atoms. The highest BCUT2D eigenvalue weighted by Gasteiger charge is 2.29. The van der Waals surface area contributed by atoms with Gasteiger partial charge in [0.1, 0.15) is 0 Å². The lowest BCUT2D eigenvalue weighted by Gasteiger charge is -2.31. The second kappa shape index (κ2) is 4.08. The molecule has 0 spiro atoms. The Labute approximate surface area is 81.2 Å². The lowest BCUT2D eigenvalue weighted by molar-refractivity contribution is -0.117. The van der Waals surface area contributed by atoms with Crippen molar-refractivity contribution in [3.8, 4) is 0 Å². The molecule has 0 amide bonds. The van der Waals surface area contributed by atoms with E-state index in [4.69, 9.17) is 0 Å². The van der Waals surface area contributed by atoms with Gasteiger partial charge in [0.2, 0.25) is 0 Å². The van der Waals surface area contributed by atoms with E-state index in [0.29, 0.717) is 17.6 Å². The van der Waals surface area contributed by atoms with Gasteiger partial charge in [-0.25, -0.2) is 0 Å². The van der Waals surface area contributed by atoms with E-state index in [1.54, 1.807) is 0 Å². The Bertz CT molecular complexity index is 238. The Hall–Kier alpha value is -0.590. The molecule has 0 saturated heterocycles. The first kappa shape index (κ1) is 10.5. The van der Waals surface area contributed by atoms with Crippen molar-refractivity contribution in [2.45, 2.75) is 47.0 Å². The van der Waals surface area contributed by atoms with Crippen molar-refractivity contribution in [2.24, 2.45) is 11.8 Å². The molecule has 1 heteroatoms. The van der Waals surface area contributed by atoms with Crippen molar-refractivity contribution in [1.82, 2.24) is 0 Å². The highest BCUT2D eigenvalue weighted by Crippen LogP contribution is 2.36. The summed E-state index contributed by atoms with van der Waals surface area (Å²) in [5.41, 5.74) is 2.46. The molecule has 74 valence electrons. The Balaban J connectivity index is 3.02. The fraction of sp³-hybridized carbons (Fsp3) is 0.750. The van der Waals surface area contributed by atoms with E-state index in [2.05, 4.69) is 20.8 Å². The lowest BCUT2D eigenvalue weighted by Crippen LogP contribution is -2.25. The monoisotopic (exact) mass is 180 g/mol. The molecule has 0 bridgehead atoms. The first-order valence-corrected chi connectivity index (χ1v) is 5.34. The van der Waals surface area contributed by atoms with Gasteiger partial charge in [0.05, 0.1) is 0 Å². The molecule has 0 radical (unpaired) electrons. The van der Waals surface area contributed by atoms with Crippen LogP contribution < -0.4 is 0 Å². The van der Waals surface area contributed by atoms with Gasteiger partial charge >= 0.3 is 0 Å². The number of ketones is 1. The fourth-order valence-electron chi connectivity index (χ4n) is 2.56. The van der Waals surface area contributed by atoms with E-state index in [-0.39, 0.29) is 0 Å². The van der Waals surface area contributed by atoms with Gasteiger partial charge in [-0.2, -0.15) is 0 Å². The summed E-state index contributed by atoms with van der Waals surface area (Å²) in [4.78, 5) is 11.6. The van der Waals surface area contributed by atoms with Crippen molar-refractivity contribution >= 4 is 5.78 Å². The van der Waals surface area contributed by atoms with Crippen LogP contribution in [-0.4, -0.2) is 5.78 Å². The number of allylic oxidation sites excluding steroid dienone is 2. The normalized spacial score (nSPS) is 29.7. The van der Waals surface area contributed by atoms with Gasteiger partial charge in [0, 0.05) is 6.42 Å². The summed E-state index contributed by atoms with van der Waals surface area (Å²) in [6.07, 6.45) is 2.98. The maximum absolute atomic E-state index is 11.6. The SMILES string of the molecule is CCC1=C(C)C(=O)CC(C)C1CC. The zero-order valence-electron chi connectivity index (χ0n) is 9.18. The molecular weight excluding hydrogens is 160 g/mol. The molecule has 0 heterocycles. The minimum atomic E-state index is 0.369. The van der Waals surface area contributed by atoms with Gasteiger partial charge < -0.3 is 0 Å². The molecule has 1 aliphatic rings. The first-order valence-electron chi connectivity index (χ1n) is 5.34. The smallest absolute Gasteiger partial charge is 0.158 e. The average molecular weight is 180 g/mol. The second-order valence-corrected chi connectivity index (χ2v) is 4.12. The Kier molecular flexibility index (Phi) is 3.29. The van der Waals surface area contributed by atoms with E-state index in [0.717, 1.165) is 18.4 Å². The van der Waals surface area contributed by atoms with Gasteiger partial charge in [-0.05, 0) is 37.2 Å². The summed E-state index contributed by atoms with van der Waals surface area (Å²) in [5, 5.41) is 0. The van der Waals surface area contributed by atoms with Crippen LogP contribution in [0.2, 0.25) is 0 Å². The van der Waals surface area contributed by atoms with Crippen LogP contribution in [-0.2, 0) is 4.79 Å². The summed E-state index contributed by atoms with van der Waals surface area (Å²) in [6.45, 7) is 8.58. The zero-order chi connectivity index (χ0) is 10.0. The van der Waals surface area contributed by atoms with Crippen LogP contribution in [0.4, 0.5) is 0 Å². The van der Waals surface area contributed by atoms with Crippen LogP contribution in [0.15, 0.2) is 11.1 Å². The van der Waals surface area contributed by atoms with Crippen molar-refractivity contribution in [1.29, 1.82) is 0 Å². The van der Waals surface area contributed by atoms with Gasteiger partial charge in [0.25, 0.3) is 0 Å². The predicted molar refractivity (Wildman–Crippen MR) is 55.6 cm³/mol. The Morgan fingerprint density at radius 2 is 2.00 bits per heavy atom. The quantitative estimate of drug-likeness (QED) is 0.637. The molecule has 0 saturated carbocycles. The van der Waals surface area contributed by atoms with Crippen LogP contribution in [0.25, 0.3) is 0 Å². The van der Waals surface area contributed by atoms with E-state index >= 15 is 0 Å². The van der Waals surface area contributed by atoms with Crippen molar-refractivity contribution in [3.63, 3.8) is 0 Å². The minimum absolute atomic E-state index is 0.369. The summed E-state index contributed by atoms with van der Waals surface area (Å²) < 4.78 is 0. The van der Waals surface area contributed by atoms with E-state index in [1.165, 1.54) is 12.0 Å². The Morgan fingerprint density at radius 3 is 2.46 bits per heavy atom. The third-order valence-electron chi connectivity index (χ3n) is 3.36. The van der Waals surface area contributed by atoms with Crippen molar-refractivity contribution in [3.05, 3.63) is 11.1 Å². The molecule has 2 atom stereocenters. The number of hydrogen-bond acceptors (Lipinski definition) is 1. The van der Waals surface area contributed by atoms with Crippen LogP contribution in [0.5, 0.6) is 0 Å². The van der Waals surface area contributed by atoms with Crippen LogP contribution >= 0.6 is 0 Å². The topological polar surface area (TPSA) is 17.1 Å². The molecule has 0 aliphatic heterocycles. The maximum Gasteiger partial charge on any atom is 0.158 e. The molecule has 0 aromatic rings. The molecule has 0 N–H and O–H groups in total. The molecule has 2 unspecified atom stereocenters. The van der Waals surface area contributed by atoms with Crippen LogP contribution in [0.3, 0.4) is 0 Å². The van der Waals surface area contributed by atoms with Crippen LogP contribution in [0, 0.1) is 11.8 Å². The van der Waals surface area contributed by atoms with E-state index < -0.39 is 0 Å². The second-order valence-electron chi connectivity index (χ2n) is 4.12. The maximum atomic E-state index is 11.6.